The van der Waals surface area contributed by atoms with Crippen LogP contribution in [0.15, 0.2) is 18.3 Å². The molecular weight excluding hydrogens is 362 g/mol. The summed E-state index contributed by atoms with van der Waals surface area (Å²) in [4.78, 5) is 18.4. The Morgan fingerprint density at radius 3 is 2.93 bits per heavy atom. The van der Waals surface area contributed by atoms with Gasteiger partial charge in [-0.2, -0.15) is 0 Å². The first-order valence-electron chi connectivity index (χ1n) is 10.1. The SMILES string of the molecule is CCOC(=O)/C=C/c1cnc(N[C@@H]2CCN(CC3CCCCC3)C2)c(Cl)c1. The van der Waals surface area contributed by atoms with Crippen LogP contribution < -0.4 is 5.32 Å². The molecule has 2 aliphatic rings. The number of anilines is 1. The van der Waals surface area contributed by atoms with Crippen molar-refractivity contribution in [2.45, 2.75) is 51.5 Å². The van der Waals surface area contributed by atoms with Crippen LogP contribution in [0.3, 0.4) is 0 Å². The number of carbonyl (C=O) groups is 1. The number of carbonyl (C=O) groups excluding carboxylic acids is 1. The van der Waals surface area contributed by atoms with E-state index in [2.05, 4.69) is 15.2 Å². The normalized spacial score (nSPS) is 21.6. The molecule has 5 nitrogen and oxygen atoms in total. The Kier molecular flexibility index (Phi) is 7.53. The van der Waals surface area contributed by atoms with Crippen LogP contribution in [0.25, 0.3) is 6.08 Å². The largest absolute Gasteiger partial charge is 0.463 e. The lowest BCUT2D eigenvalue weighted by Crippen LogP contribution is -2.31. The van der Waals surface area contributed by atoms with E-state index in [1.165, 1.54) is 44.7 Å². The standard InChI is InChI=1S/C21H30ClN3O2/c1-2-27-20(26)9-8-17-12-19(22)21(23-13-17)24-18-10-11-25(15-18)14-16-6-4-3-5-7-16/h8-9,12-13,16,18H,2-7,10-11,14-15H2,1H3,(H,23,24)/b9-8+/t18-/m1/s1. The highest BCUT2D eigenvalue weighted by molar-refractivity contribution is 6.33. The number of halogens is 1. The predicted molar refractivity (Wildman–Crippen MR) is 110 cm³/mol. The van der Waals surface area contributed by atoms with Gasteiger partial charge in [0, 0.05) is 37.9 Å². The number of hydrogen-bond acceptors (Lipinski definition) is 5. The van der Waals surface area contributed by atoms with E-state index in [4.69, 9.17) is 16.3 Å². The van der Waals surface area contributed by atoms with Crippen LogP contribution in [0.5, 0.6) is 0 Å². The topological polar surface area (TPSA) is 54.5 Å². The highest BCUT2D eigenvalue weighted by Crippen LogP contribution is 2.27. The predicted octanol–water partition coefficient (Wildman–Crippen LogP) is 4.38. The number of nitrogens with zero attached hydrogens (tertiary/aromatic N) is 2. The highest BCUT2D eigenvalue weighted by atomic mass is 35.5. The van der Waals surface area contributed by atoms with Gasteiger partial charge in [-0.25, -0.2) is 9.78 Å². The third-order valence-electron chi connectivity index (χ3n) is 5.42. The van der Waals surface area contributed by atoms with Crippen molar-refractivity contribution in [3.05, 3.63) is 28.9 Å². The van der Waals surface area contributed by atoms with E-state index in [1.807, 2.05) is 6.07 Å². The van der Waals surface area contributed by atoms with Gasteiger partial charge < -0.3 is 15.0 Å². The molecule has 2 heterocycles. The average molecular weight is 392 g/mol. The summed E-state index contributed by atoms with van der Waals surface area (Å²) in [6, 6.07) is 2.21. The second-order valence-electron chi connectivity index (χ2n) is 7.58. The zero-order valence-corrected chi connectivity index (χ0v) is 16.9. The van der Waals surface area contributed by atoms with Gasteiger partial charge in [0.2, 0.25) is 0 Å². The van der Waals surface area contributed by atoms with Crippen molar-refractivity contribution >= 4 is 29.5 Å². The first-order chi connectivity index (χ1) is 13.1. The summed E-state index contributed by atoms with van der Waals surface area (Å²) in [7, 11) is 0. The van der Waals surface area contributed by atoms with Crippen molar-refractivity contribution in [2.75, 3.05) is 31.6 Å². The first-order valence-corrected chi connectivity index (χ1v) is 10.5. The zero-order chi connectivity index (χ0) is 19.1. The number of ether oxygens (including phenoxy) is 1. The van der Waals surface area contributed by atoms with Crippen LogP contribution in [0, 0.1) is 5.92 Å². The van der Waals surface area contributed by atoms with Crippen LogP contribution in [-0.4, -0.2) is 48.1 Å². The summed E-state index contributed by atoms with van der Waals surface area (Å²) in [6.07, 6.45) is 12.9. The molecule has 1 N–H and O–H groups in total. The van der Waals surface area contributed by atoms with E-state index >= 15 is 0 Å². The van der Waals surface area contributed by atoms with Crippen LogP contribution in [-0.2, 0) is 9.53 Å². The Bertz CT molecular complexity index is 659. The number of aromatic nitrogens is 1. The molecule has 1 aromatic heterocycles. The van der Waals surface area contributed by atoms with E-state index in [-0.39, 0.29) is 5.97 Å². The lowest BCUT2D eigenvalue weighted by atomic mass is 9.89. The zero-order valence-electron chi connectivity index (χ0n) is 16.1. The maximum atomic E-state index is 11.4. The fourth-order valence-electron chi connectivity index (χ4n) is 4.05. The van der Waals surface area contributed by atoms with E-state index in [9.17, 15) is 4.79 Å². The number of likely N-dealkylation sites (tertiary alicyclic amines) is 1. The quantitative estimate of drug-likeness (QED) is 0.552. The molecular formula is C21H30ClN3O2. The molecule has 1 aliphatic heterocycles. The summed E-state index contributed by atoms with van der Waals surface area (Å²) < 4.78 is 4.87. The molecule has 0 amide bonds. The van der Waals surface area contributed by atoms with E-state index in [0.717, 1.165) is 36.8 Å². The molecule has 2 fully saturated rings. The fraction of sp³-hybridized carbons (Fsp3) is 0.619. The Labute approximate surface area is 167 Å². The number of esters is 1. The van der Waals surface area contributed by atoms with Crippen LogP contribution in [0.1, 0.15) is 51.0 Å². The van der Waals surface area contributed by atoms with Crippen molar-refractivity contribution in [3.63, 3.8) is 0 Å². The Hall–Kier alpha value is -1.59. The smallest absolute Gasteiger partial charge is 0.330 e. The fourth-order valence-corrected chi connectivity index (χ4v) is 4.28. The van der Waals surface area contributed by atoms with Crippen molar-refractivity contribution in [3.8, 4) is 0 Å². The molecule has 0 radical (unpaired) electrons. The van der Waals surface area contributed by atoms with Crippen LogP contribution in [0.4, 0.5) is 5.82 Å². The highest BCUT2D eigenvalue weighted by Gasteiger charge is 2.26. The third kappa shape index (κ3) is 6.22. The van der Waals surface area contributed by atoms with Crippen LogP contribution in [0.2, 0.25) is 5.02 Å². The van der Waals surface area contributed by atoms with Gasteiger partial charge in [0.05, 0.1) is 11.6 Å². The molecule has 0 spiro atoms. The van der Waals surface area contributed by atoms with Gasteiger partial charge in [-0.05, 0) is 49.8 Å². The van der Waals surface area contributed by atoms with Gasteiger partial charge in [0.1, 0.15) is 5.82 Å². The van der Waals surface area contributed by atoms with Gasteiger partial charge >= 0.3 is 5.97 Å². The van der Waals surface area contributed by atoms with Crippen molar-refractivity contribution in [1.82, 2.24) is 9.88 Å². The average Bonchev–Trinajstić information content (AvgIpc) is 3.10. The maximum absolute atomic E-state index is 11.4. The monoisotopic (exact) mass is 391 g/mol. The molecule has 0 aromatic carbocycles. The molecule has 1 aliphatic carbocycles. The molecule has 148 valence electrons. The number of pyridine rings is 1. The molecule has 1 aromatic rings. The van der Waals surface area contributed by atoms with Crippen molar-refractivity contribution in [2.24, 2.45) is 5.92 Å². The third-order valence-corrected chi connectivity index (χ3v) is 5.70. The minimum atomic E-state index is -0.361. The second kappa shape index (κ2) is 10.1. The molecule has 3 rings (SSSR count). The molecule has 1 atom stereocenters. The first kappa shape index (κ1) is 20.2. The lowest BCUT2D eigenvalue weighted by Gasteiger charge is -2.26. The van der Waals surface area contributed by atoms with Gasteiger partial charge in [0.25, 0.3) is 0 Å². The molecule has 0 unspecified atom stereocenters. The van der Waals surface area contributed by atoms with Gasteiger partial charge in [-0.3, -0.25) is 0 Å². The Morgan fingerprint density at radius 1 is 1.37 bits per heavy atom. The summed E-state index contributed by atoms with van der Waals surface area (Å²) in [5.74, 6) is 1.24. The number of hydrogen-bond donors (Lipinski definition) is 1. The molecule has 1 saturated carbocycles. The summed E-state index contributed by atoms with van der Waals surface area (Å²) in [5, 5.41) is 4.06. The van der Waals surface area contributed by atoms with Gasteiger partial charge in [-0.15, -0.1) is 0 Å². The summed E-state index contributed by atoms with van der Waals surface area (Å²) in [5.41, 5.74) is 0.781. The van der Waals surface area contributed by atoms with Gasteiger partial charge in [-0.1, -0.05) is 30.9 Å². The summed E-state index contributed by atoms with van der Waals surface area (Å²) in [6.45, 7) is 5.58. The minimum Gasteiger partial charge on any atom is -0.463 e. The second-order valence-corrected chi connectivity index (χ2v) is 7.99. The molecule has 0 bridgehead atoms. The van der Waals surface area contributed by atoms with E-state index < -0.39 is 0 Å². The van der Waals surface area contributed by atoms with E-state index in [0.29, 0.717) is 17.7 Å². The van der Waals surface area contributed by atoms with E-state index in [1.54, 1.807) is 19.2 Å². The number of rotatable bonds is 7. The van der Waals surface area contributed by atoms with Crippen molar-refractivity contribution < 1.29 is 9.53 Å². The minimum absolute atomic E-state index is 0.361. The lowest BCUT2D eigenvalue weighted by molar-refractivity contribution is -0.137. The maximum Gasteiger partial charge on any atom is 0.330 e. The Balaban J connectivity index is 1.49. The molecule has 6 heteroatoms. The Morgan fingerprint density at radius 2 is 2.19 bits per heavy atom. The number of nitrogens with one attached hydrogen (secondary N) is 1. The molecule has 27 heavy (non-hydrogen) atoms. The molecule has 1 saturated heterocycles. The van der Waals surface area contributed by atoms with Crippen molar-refractivity contribution in [1.29, 1.82) is 0 Å². The van der Waals surface area contributed by atoms with Crippen LogP contribution >= 0.6 is 11.6 Å². The van der Waals surface area contributed by atoms with Gasteiger partial charge in [0.15, 0.2) is 0 Å². The summed E-state index contributed by atoms with van der Waals surface area (Å²) >= 11 is 6.39.